The SMILES string of the molecule is C1CC2CN(SC3CC3)CC2C1. The second-order valence-electron chi connectivity index (χ2n) is 4.60. The Morgan fingerprint density at radius 1 is 0.917 bits per heavy atom. The van der Waals surface area contributed by atoms with E-state index in [-0.39, 0.29) is 0 Å². The zero-order chi connectivity index (χ0) is 7.97. The fourth-order valence-corrected chi connectivity index (χ4v) is 3.99. The summed E-state index contributed by atoms with van der Waals surface area (Å²) in [5, 5.41) is 1.02. The van der Waals surface area contributed by atoms with Crippen LogP contribution in [0.3, 0.4) is 0 Å². The molecule has 3 rings (SSSR count). The maximum atomic E-state index is 2.66. The van der Waals surface area contributed by atoms with Gasteiger partial charge in [-0.3, -0.25) is 0 Å². The van der Waals surface area contributed by atoms with Gasteiger partial charge in [-0.25, -0.2) is 4.31 Å². The Balaban J connectivity index is 1.56. The minimum absolute atomic E-state index is 1.02. The van der Waals surface area contributed by atoms with Crippen LogP contribution >= 0.6 is 11.9 Å². The number of hydrogen-bond donors (Lipinski definition) is 0. The van der Waals surface area contributed by atoms with E-state index in [1.165, 1.54) is 45.2 Å². The normalized spacial score (nSPS) is 42.0. The third-order valence-corrected chi connectivity index (χ3v) is 4.88. The van der Waals surface area contributed by atoms with Crippen molar-refractivity contribution in [2.75, 3.05) is 13.1 Å². The lowest BCUT2D eigenvalue weighted by Crippen LogP contribution is -2.13. The predicted molar refractivity (Wildman–Crippen MR) is 53.0 cm³/mol. The molecule has 0 N–H and O–H groups in total. The first-order valence-corrected chi connectivity index (χ1v) is 6.17. The Bertz CT molecular complexity index is 167. The van der Waals surface area contributed by atoms with E-state index in [1.54, 1.807) is 0 Å². The zero-order valence-corrected chi connectivity index (χ0v) is 8.35. The largest absolute Gasteiger partial charge is 0.250 e. The number of hydrogen-bond acceptors (Lipinski definition) is 2. The van der Waals surface area contributed by atoms with Crippen molar-refractivity contribution in [3.05, 3.63) is 0 Å². The molecule has 1 heterocycles. The second-order valence-corrected chi connectivity index (χ2v) is 6.00. The van der Waals surface area contributed by atoms with E-state index in [0.717, 1.165) is 17.1 Å². The van der Waals surface area contributed by atoms with Gasteiger partial charge in [-0.15, -0.1) is 0 Å². The van der Waals surface area contributed by atoms with Crippen LogP contribution in [-0.4, -0.2) is 22.6 Å². The average molecular weight is 183 g/mol. The minimum atomic E-state index is 1.02. The number of rotatable bonds is 2. The van der Waals surface area contributed by atoms with Crippen LogP contribution in [0.5, 0.6) is 0 Å². The summed E-state index contributed by atoms with van der Waals surface area (Å²) in [6.07, 6.45) is 7.52. The molecule has 0 amide bonds. The molecule has 0 aromatic rings. The van der Waals surface area contributed by atoms with Gasteiger partial charge in [0.1, 0.15) is 0 Å². The standard InChI is InChI=1S/C10H17NS/c1-2-8-6-11(7-9(8)3-1)12-10-4-5-10/h8-10H,1-7H2. The molecule has 2 atom stereocenters. The topological polar surface area (TPSA) is 3.24 Å². The summed E-state index contributed by atoms with van der Waals surface area (Å²) in [5.41, 5.74) is 0. The molecular weight excluding hydrogens is 166 g/mol. The van der Waals surface area contributed by atoms with E-state index in [1.807, 2.05) is 0 Å². The molecule has 0 radical (unpaired) electrons. The first kappa shape index (κ1) is 7.69. The van der Waals surface area contributed by atoms with E-state index in [0.29, 0.717) is 0 Å². The van der Waals surface area contributed by atoms with E-state index in [4.69, 9.17) is 0 Å². The molecule has 12 heavy (non-hydrogen) atoms. The van der Waals surface area contributed by atoms with E-state index in [2.05, 4.69) is 16.3 Å². The maximum Gasteiger partial charge on any atom is 0.0196 e. The van der Waals surface area contributed by atoms with Crippen molar-refractivity contribution in [3.63, 3.8) is 0 Å². The fourth-order valence-electron chi connectivity index (χ4n) is 2.66. The quantitative estimate of drug-likeness (QED) is 0.605. The van der Waals surface area contributed by atoms with Crippen LogP contribution in [-0.2, 0) is 0 Å². The molecule has 0 bridgehead atoms. The first-order valence-electron chi connectivity index (χ1n) is 5.33. The molecule has 2 saturated carbocycles. The molecular formula is C10H17NS. The molecule has 1 saturated heterocycles. The smallest absolute Gasteiger partial charge is 0.0196 e. The van der Waals surface area contributed by atoms with Gasteiger partial charge in [0.2, 0.25) is 0 Å². The Hall–Kier alpha value is 0.310. The molecule has 1 nitrogen and oxygen atoms in total. The third-order valence-electron chi connectivity index (χ3n) is 3.52. The van der Waals surface area contributed by atoms with Crippen LogP contribution in [0.25, 0.3) is 0 Å². The van der Waals surface area contributed by atoms with Crippen molar-refractivity contribution in [1.29, 1.82) is 0 Å². The van der Waals surface area contributed by atoms with Crippen molar-refractivity contribution in [1.82, 2.24) is 4.31 Å². The van der Waals surface area contributed by atoms with E-state index < -0.39 is 0 Å². The van der Waals surface area contributed by atoms with Gasteiger partial charge >= 0.3 is 0 Å². The maximum absolute atomic E-state index is 2.66. The van der Waals surface area contributed by atoms with Crippen molar-refractivity contribution >= 4 is 11.9 Å². The van der Waals surface area contributed by atoms with Gasteiger partial charge in [0, 0.05) is 18.3 Å². The van der Waals surface area contributed by atoms with Crippen LogP contribution in [0, 0.1) is 11.8 Å². The van der Waals surface area contributed by atoms with Crippen LogP contribution in [0.15, 0.2) is 0 Å². The summed E-state index contributed by atoms with van der Waals surface area (Å²) in [5.74, 6) is 2.16. The lowest BCUT2D eigenvalue weighted by molar-refractivity contribution is 0.494. The van der Waals surface area contributed by atoms with E-state index in [9.17, 15) is 0 Å². The molecule has 0 spiro atoms. The van der Waals surface area contributed by atoms with E-state index >= 15 is 0 Å². The Labute approximate surface area is 79.0 Å². The highest BCUT2D eigenvalue weighted by Gasteiger charge is 2.38. The van der Waals surface area contributed by atoms with Gasteiger partial charge in [-0.1, -0.05) is 18.4 Å². The summed E-state index contributed by atoms with van der Waals surface area (Å²) in [6.45, 7) is 2.82. The van der Waals surface area contributed by atoms with Gasteiger partial charge in [-0.05, 0) is 37.5 Å². The highest BCUT2D eigenvalue weighted by Crippen LogP contribution is 2.44. The third kappa shape index (κ3) is 1.39. The molecule has 2 aliphatic carbocycles. The summed E-state index contributed by atoms with van der Waals surface area (Å²) in [7, 11) is 0. The van der Waals surface area contributed by atoms with Crippen LogP contribution in [0.1, 0.15) is 32.1 Å². The van der Waals surface area contributed by atoms with Crippen molar-refractivity contribution in [2.24, 2.45) is 11.8 Å². The lowest BCUT2D eigenvalue weighted by Gasteiger charge is -2.14. The summed E-state index contributed by atoms with van der Waals surface area (Å²) >= 11 is 2.16. The Morgan fingerprint density at radius 2 is 1.58 bits per heavy atom. The highest BCUT2D eigenvalue weighted by molar-refractivity contribution is 7.97. The van der Waals surface area contributed by atoms with Gasteiger partial charge < -0.3 is 0 Å². The van der Waals surface area contributed by atoms with Crippen LogP contribution in [0.2, 0.25) is 0 Å². The highest BCUT2D eigenvalue weighted by atomic mass is 32.2. The molecule has 2 heteroatoms. The molecule has 0 aromatic heterocycles. The van der Waals surface area contributed by atoms with Gasteiger partial charge in [0.25, 0.3) is 0 Å². The van der Waals surface area contributed by atoms with Crippen LogP contribution in [0.4, 0.5) is 0 Å². The number of fused-ring (bicyclic) bond motifs is 1. The van der Waals surface area contributed by atoms with Crippen molar-refractivity contribution < 1.29 is 0 Å². The molecule has 3 aliphatic rings. The summed E-state index contributed by atoms with van der Waals surface area (Å²) in [6, 6.07) is 0. The zero-order valence-electron chi connectivity index (χ0n) is 7.54. The second kappa shape index (κ2) is 2.91. The summed E-state index contributed by atoms with van der Waals surface area (Å²) < 4.78 is 2.66. The molecule has 1 aliphatic heterocycles. The molecule has 3 fully saturated rings. The average Bonchev–Trinajstić information content (AvgIpc) is 2.56. The van der Waals surface area contributed by atoms with Gasteiger partial charge in [0.05, 0.1) is 0 Å². The lowest BCUT2D eigenvalue weighted by atomic mass is 10.0. The minimum Gasteiger partial charge on any atom is -0.250 e. The predicted octanol–water partition coefficient (Wildman–Crippen LogP) is 2.53. The number of nitrogens with zero attached hydrogens (tertiary/aromatic N) is 1. The van der Waals surface area contributed by atoms with Gasteiger partial charge in [0.15, 0.2) is 0 Å². The fraction of sp³-hybridized carbons (Fsp3) is 1.00. The Kier molecular flexibility index (Phi) is 1.87. The molecule has 0 aromatic carbocycles. The van der Waals surface area contributed by atoms with Crippen molar-refractivity contribution in [2.45, 2.75) is 37.4 Å². The van der Waals surface area contributed by atoms with Crippen LogP contribution < -0.4 is 0 Å². The van der Waals surface area contributed by atoms with Crippen molar-refractivity contribution in [3.8, 4) is 0 Å². The molecule has 68 valence electrons. The Morgan fingerprint density at radius 3 is 2.17 bits per heavy atom. The molecule has 2 unspecified atom stereocenters. The summed E-state index contributed by atoms with van der Waals surface area (Å²) in [4.78, 5) is 0. The van der Waals surface area contributed by atoms with Gasteiger partial charge in [-0.2, -0.15) is 0 Å². The first-order chi connectivity index (χ1) is 5.92. The monoisotopic (exact) mass is 183 g/mol.